The molecule has 3 heterocycles. The van der Waals surface area contributed by atoms with Crippen LogP contribution in [0, 0.1) is 0 Å². The molecule has 0 aliphatic carbocycles. The summed E-state index contributed by atoms with van der Waals surface area (Å²) in [5.41, 5.74) is 1.15. The van der Waals surface area contributed by atoms with E-state index in [-0.39, 0.29) is 22.0 Å². The fraction of sp³-hybridized carbons (Fsp3) is 0.292. The number of aromatic nitrogens is 5. The lowest BCUT2D eigenvalue weighted by Crippen LogP contribution is -2.37. The van der Waals surface area contributed by atoms with Crippen LogP contribution in [0.2, 0.25) is 0 Å². The molecule has 0 radical (unpaired) electrons. The monoisotopic (exact) mass is 446 g/mol. The molecule has 9 heteroatoms. The zero-order valence-corrected chi connectivity index (χ0v) is 19.3. The van der Waals surface area contributed by atoms with E-state index in [1.807, 2.05) is 36.4 Å². The third-order valence-electron chi connectivity index (χ3n) is 5.52. The largest absolute Gasteiger partial charge is 0.332 e. The molecule has 0 unspecified atom stereocenters. The van der Waals surface area contributed by atoms with Crippen molar-refractivity contribution < 1.29 is 4.79 Å². The maximum absolute atomic E-state index is 13.1. The molecule has 0 aliphatic rings. The Balaban J connectivity index is 1.72. The Morgan fingerprint density at radius 2 is 1.73 bits per heavy atom. The van der Waals surface area contributed by atoms with Gasteiger partial charge in [0.05, 0.1) is 23.2 Å². The van der Waals surface area contributed by atoms with Crippen molar-refractivity contribution in [1.29, 1.82) is 0 Å². The topological polar surface area (TPSA) is 104 Å². The van der Waals surface area contributed by atoms with Gasteiger partial charge >= 0.3 is 5.69 Å². The molecule has 4 aromatic rings. The number of benzene rings is 1. The van der Waals surface area contributed by atoms with Gasteiger partial charge in [0.15, 0.2) is 0 Å². The second-order valence-electron chi connectivity index (χ2n) is 9.06. The third-order valence-corrected chi connectivity index (χ3v) is 5.52. The minimum absolute atomic E-state index is 0.195. The number of amides is 1. The first-order valence-electron chi connectivity index (χ1n) is 10.6. The summed E-state index contributed by atoms with van der Waals surface area (Å²) in [5.74, 6) is 0.122. The summed E-state index contributed by atoms with van der Waals surface area (Å²) in [6.45, 7) is 6.66. The lowest BCUT2D eigenvalue weighted by atomic mass is 9.92. The van der Waals surface area contributed by atoms with E-state index in [9.17, 15) is 14.4 Å². The molecular formula is C24H26N6O3. The number of fused-ring (bicyclic) bond motifs is 1. The van der Waals surface area contributed by atoms with Crippen LogP contribution in [0.25, 0.3) is 11.0 Å². The minimum Gasteiger partial charge on any atom is -0.307 e. The van der Waals surface area contributed by atoms with Gasteiger partial charge in [0.1, 0.15) is 11.5 Å². The summed E-state index contributed by atoms with van der Waals surface area (Å²) in [6.07, 6.45) is 1.36. The molecule has 0 spiro atoms. The summed E-state index contributed by atoms with van der Waals surface area (Å²) >= 11 is 0. The molecule has 3 aromatic heterocycles. The maximum atomic E-state index is 13.1. The van der Waals surface area contributed by atoms with Gasteiger partial charge in [-0.15, -0.1) is 0 Å². The summed E-state index contributed by atoms with van der Waals surface area (Å²) in [7, 11) is 2.93. The Labute approximate surface area is 190 Å². The molecule has 4 rings (SSSR count). The van der Waals surface area contributed by atoms with Gasteiger partial charge in [-0.05, 0) is 11.6 Å². The van der Waals surface area contributed by atoms with Crippen LogP contribution in [0.15, 0.2) is 58.3 Å². The van der Waals surface area contributed by atoms with Crippen LogP contribution < -0.4 is 16.6 Å². The van der Waals surface area contributed by atoms with Crippen LogP contribution in [-0.2, 0) is 26.1 Å². The van der Waals surface area contributed by atoms with E-state index in [2.05, 4.69) is 31.1 Å². The quantitative estimate of drug-likeness (QED) is 0.519. The normalized spacial score (nSPS) is 11.7. The lowest BCUT2D eigenvalue weighted by Gasteiger charge is -2.14. The standard InChI is InChI=1S/C24H26N6O3/c1-24(2,3)18-12-19(30(27-18)14-15-9-7-6-8-10-15)26-21(31)16-11-17-20(25-13-16)28(4)23(33)29(5)22(17)32/h6-13H,14H2,1-5H3,(H,26,31). The van der Waals surface area contributed by atoms with Crippen LogP contribution >= 0.6 is 0 Å². The fourth-order valence-electron chi connectivity index (χ4n) is 3.54. The molecular weight excluding hydrogens is 420 g/mol. The van der Waals surface area contributed by atoms with Crippen molar-refractivity contribution in [1.82, 2.24) is 23.9 Å². The Hall–Kier alpha value is -4.01. The number of aryl methyl sites for hydroxylation is 1. The SMILES string of the molecule is Cn1c(=O)c2cc(C(=O)Nc3cc(C(C)(C)C)nn3Cc3ccccc3)cnc2n(C)c1=O. The number of hydrogen-bond acceptors (Lipinski definition) is 5. The zero-order chi connectivity index (χ0) is 23.9. The molecule has 0 fully saturated rings. The van der Waals surface area contributed by atoms with Gasteiger partial charge in [0.25, 0.3) is 11.5 Å². The van der Waals surface area contributed by atoms with Crippen LogP contribution in [0.3, 0.4) is 0 Å². The van der Waals surface area contributed by atoms with Crippen molar-refractivity contribution >= 4 is 22.8 Å². The number of anilines is 1. The first-order chi connectivity index (χ1) is 15.6. The summed E-state index contributed by atoms with van der Waals surface area (Å²) < 4.78 is 4.03. The molecule has 0 aliphatic heterocycles. The molecule has 170 valence electrons. The highest BCUT2D eigenvalue weighted by molar-refractivity contribution is 6.05. The van der Waals surface area contributed by atoms with Crippen LogP contribution in [0.5, 0.6) is 0 Å². The molecule has 1 amide bonds. The van der Waals surface area contributed by atoms with Crippen LogP contribution in [0.1, 0.15) is 42.4 Å². The van der Waals surface area contributed by atoms with Crippen LogP contribution in [-0.4, -0.2) is 29.8 Å². The van der Waals surface area contributed by atoms with Gasteiger partial charge in [-0.25, -0.2) is 14.5 Å². The van der Waals surface area contributed by atoms with E-state index in [1.165, 1.54) is 30.9 Å². The van der Waals surface area contributed by atoms with Crippen molar-refractivity contribution in [3.8, 4) is 0 Å². The highest BCUT2D eigenvalue weighted by atomic mass is 16.2. The van der Waals surface area contributed by atoms with E-state index < -0.39 is 17.2 Å². The number of pyridine rings is 1. The summed E-state index contributed by atoms with van der Waals surface area (Å²) in [4.78, 5) is 42.0. The second-order valence-corrected chi connectivity index (χ2v) is 9.06. The zero-order valence-electron chi connectivity index (χ0n) is 19.3. The smallest absolute Gasteiger partial charge is 0.307 e. The predicted molar refractivity (Wildman–Crippen MR) is 127 cm³/mol. The van der Waals surface area contributed by atoms with Gasteiger partial charge in [-0.1, -0.05) is 51.1 Å². The molecule has 0 bridgehead atoms. The molecule has 1 N–H and O–H groups in total. The Bertz CT molecular complexity index is 1470. The number of rotatable bonds is 4. The number of nitrogens with zero attached hydrogens (tertiary/aromatic N) is 5. The first-order valence-corrected chi connectivity index (χ1v) is 10.6. The van der Waals surface area contributed by atoms with E-state index in [1.54, 1.807) is 4.68 Å². The van der Waals surface area contributed by atoms with E-state index >= 15 is 0 Å². The van der Waals surface area contributed by atoms with Gasteiger partial charge in [0, 0.05) is 31.8 Å². The number of nitrogens with one attached hydrogen (secondary N) is 1. The summed E-state index contributed by atoms with van der Waals surface area (Å²) in [6, 6.07) is 13.2. The summed E-state index contributed by atoms with van der Waals surface area (Å²) in [5, 5.41) is 7.82. The Morgan fingerprint density at radius 3 is 2.39 bits per heavy atom. The molecule has 9 nitrogen and oxygen atoms in total. The van der Waals surface area contributed by atoms with E-state index in [4.69, 9.17) is 5.10 Å². The van der Waals surface area contributed by atoms with Gasteiger partial charge in [0.2, 0.25) is 0 Å². The average molecular weight is 447 g/mol. The van der Waals surface area contributed by atoms with Gasteiger partial charge < -0.3 is 5.32 Å². The van der Waals surface area contributed by atoms with Gasteiger partial charge in [-0.2, -0.15) is 5.10 Å². The Morgan fingerprint density at radius 1 is 1.03 bits per heavy atom. The van der Waals surface area contributed by atoms with Crippen molar-refractivity contribution in [2.24, 2.45) is 14.1 Å². The van der Waals surface area contributed by atoms with Crippen molar-refractivity contribution in [3.05, 3.63) is 86.3 Å². The molecule has 1 aromatic carbocycles. The number of carbonyl (C=O) groups excluding carboxylic acids is 1. The van der Waals surface area contributed by atoms with Gasteiger partial charge in [-0.3, -0.25) is 18.7 Å². The molecule has 33 heavy (non-hydrogen) atoms. The molecule has 0 saturated heterocycles. The average Bonchev–Trinajstić information content (AvgIpc) is 3.19. The van der Waals surface area contributed by atoms with Crippen molar-refractivity contribution in [2.45, 2.75) is 32.7 Å². The second kappa shape index (κ2) is 8.16. The minimum atomic E-state index is -0.501. The Kier molecular flexibility index (Phi) is 5.49. The lowest BCUT2D eigenvalue weighted by molar-refractivity contribution is 0.102. The highest BCUT2D eigenvalue weighted by Gasteiger charge is 2.22. The van der Waals surface area contributed by atoms with Crippen molar-refractivity contribution in [3.63, 3.8) is 0 Å². The van der Waals surface area contributed by atoms with E-state index in [0.717, 1.165) is 15.8 Å². The van der Waals surface area contributed by atoms with Crippen molar-refractivity contribution in [2.75, 3.05) is 5.32 Å². The van der Waals surface area contributed by atoms with Crippen LogP contribution in [0.4, 0.5) is 5.82 Å². The fourth-order valence-corrected chi connectivity index (χ4v) is 3.54. The molecule has 0 atom stereocenters. The molecule has 0 saturated carbocycles. The number of hydrogen-bond donors (Lipinski definition) is 1. The number of carbonyl (C=O) groups is 1. The first kappa shape index (κ1) is 22.2. The third kappa shape index (κ3) is 4.21. The maximum Gasteiger partial charge on any atom is 0.332 e. The highest BCUT2D eigenvalue weighted by Crippen LogP contribution is 2.25. The predicted octanol–water partition coefficient (Wildman–Crippen LogP) is 2.43. The van der Waals surface area contributed by atoms with E-state index in [0.29, 0.717) is 12.4 Å².